The lowest BCUT2D eigenvalue weighted by Crippen LogP contribution is -2.29. The van der Waals surface area contributed by atoms with Crippen LogP contribution in [-0.2, 0) is 6.18 Å². The number of halogens is 3. The molecule has 0 saturated heterocycles. The normalized spacial score (nSPS) is 11.3. The van der Waals surface area contributed by atoms with Gasteiger partial charge in [0.25, 0.3) is 5.91 Å². The molecule has 21 heavy (non-hydrogen) atoms. The first-order valence-electron chi connectivity index (χ1n) is 7.02. The summed E-state index contributed by atoms with van der Waals surface area (Å²) in [6.45, 7) is 4.65. The van der Waals surface area contributed by atoms with Crippen molar-refractivity contribution in [3.8, 4) is 0 Å². The van der Waals surface area contributed by atoms with Crippen LogP contribution in [0.2, 0.25) is 0 Å². The molecule has 0 atom stereocenters. The van der Waals surface area contributed by atoms with Crippen molar-refractivity contribution in [1.82, 2.24) is 4.90 Å². The Kier molecular flexibility index (Phi) is 6.05. The van der Waals surface area contributed by atoms with Crippen LogP contribution in [0.25, 0.3) is 0 Å². The van der Waals surface area contributed by atoms with E-state index in [9.17, 15) is 18.0 Å². The van der Waals surface area contributed by atoms with Gasteiger partial charge >= 0.3 is 6.18 Å². The van der Waals surface area contributed by atoms with Gasteiger partial charge in [0, 0.05) is 20.1 Å². The van der Waals surface area contributed by atoms with Gasteiger partial charge in [0.05, 0.1) is 16.8 Å². The molecule has 1 aromatic carbocycles. The van der Waals surface area contributed by atoms with Crippen molar-refractivity contribution >= 4 is 11.6 Å². The number of anilines is 1. The molecule has 0 aliphatic carbocycles. The zero-order chi connectivity index (χ0) is 16.0. The van der Waals surface area contributed by atoms with Crippen LogP contribution in [0.3, 0.4) is 0 Å². The van der Waals surface area contributed by atoms with E-state index < -0.39 is 17.6 Å². The molecular formula is C15H21F3N2O. The molecule has 118 valence electrons. The Labute approximate surface area is 123 Å². The lowest BCUT2D eigenvalue weighted by atomic mass is 10.0. The van der Waals surface area contributed by atoms with Crippen LogP contribution in [0.15, 0.2) is 18.2 Å². The summed E-state index contributed by atoms with van der Waals surface area (Å²) in [4.78, 5) is 13.8. The Morgan fingerprint density at radius 3 is 2.43 bits per heavy atom. The van der Waals surface area contributed by atoms with E-state index in [1.807, 2.05) is 13.8 Å². The van der Waals surface area contributed by atoms with E-state index in [0.29, 0.717) is 19.5 Å². The van der Waals surface area contributed by atoms with Gasteiger partial charge in [-0.2, -0.15) is 13.2 Å². The monoisotopic (exact) mass is 302 g/mol. The highest BCUT2D eigenvalue weighted by Gasteiger charge is 2.35. The maximum Gasteiger partial charge on any atom is 0.418 e. The minimum Gasteiger partial charge on any atom is -0.384 e. The fourth-order valence-corrected chi connectivity index (χ4v) is 2.05. The van der Waals surface area contributed by atoms with Crippen molar-refractivity contribution < 1.29 is 18.0 Å². The number of nitrogens with one attached hydrogen (secondary N) is 1. The molecule has 0 aromatic heterocycles. The number of hydrogen-bond donors (Lipinski definition) is 1. The van der Waals surface area contributed by atoms with Crippen molar-refractivity contribution in [2.45, 2.75) is 32.9 Å². The van der Waals surface area contributed by atoms with Crippen LogP contribution in [0.4, 0.5) is 18.9 Å². The molecule has 1 aromatic rings. The second-order valence-electron chi connectivity index (χ2n) is 4.88. The summed E-state index contributed by atoms with van der Waals surface area (Å²) in [5.41, 5.74) is -0.860. The highest BCUT2D eigenvalue weighted by Crippen LogP contribution is 2.37. The van der Waals surface area contributed by atoms with Gasteiger partial charge in [-0.3, -0.25) is 4.79 Å². The molecule has 0 bridgehead atoms. The molecule has 0 aliphatic rings. The number of amides is 1. The largest absolute Gasteiger partial charge is 0.418 e. The minimum atomic E-state index is -4.49. The first kappa shape index (κ1) is 17.3. The number of rotatable bonds is 6. The van der Waals surface area contributed by atoms with E-state index in [0.717, 1.165) is 12.5 Å². The van der Waals surface area contributed by atoms with Crippen LogP contribution in [0.1, 0.15) is 42.6 Å². The first-order valence-corrected chi connectivity index (χ1v) is 7.02. The number of carbonyl (C=O) groups excluding carboxylic acids is 1. The molecule has 0 aliphatic heterocycles. The Balaban J connectivity index is 3.27. The van der Waals surface area contributed by atoms with Gasteiger partial charge in [0.2, 0.25) is 0 Å². The number of alkyl halides is 3. The van der Waals surface area contributed by atoms with Crippen LogP contribution in [0.5, 0.6) is 0 Å². The minimum absolute atomic E-state index is 0.0641. The van der Waals surface area contributed by atoms with Gasteiger partial charge in [-0.1, -0.05) is 19.9 Å². The zero-order valence-corrected chi connectivity index (χ0v) is 12.5. The summed E-state index contributed by atoms with van der Waals surface area (Å²) >= 11 is 0. The molecule has 1 amide bonds. The lowest BCUT2D eigenvalue weighted by molar-refractivity contribution is -0.137. The van der Waals surface area contributed by atoms with Crippen molar-refractivity contribution in [3.05, 3.63) is 29.3 Å². The number of para-hydroxylation sites is 1. The Morgan fingerprint density at radius 1 is 1.24 bits per heavy atom. The van der Waals surface area contributed by atoms with E-state index in [1.54, 1.807) is 7.05 Å². The molecule has 0 radical (unpaired) electrons. The van der Waals surface area contributed by atoms with Crippen molar-refractivity contribution in [2.24, 2.45) is 0 Å². The molecule has 0 saturated carbocycles. The Hall–Kier alpha value is -1.72. The number of hydrogen-bond acceptors (Lipinski definition) is 2. The standard InChI is InChI=1S/C15H21F3N2O/c1-4-9-19-13-11(14(21)20(3)10-5-2)7-6-8-12(13)15(16,17)18/h6-8,19H,4-5,9-10H2,1-3H3. The highest BCUT2D eigenvalue weighted by molar-refractivity contribution is 6.00. The summed E-state index contributed by atoms with van der Waals surface area (Å²) in [5.74, 6) is -0.401. The van der Waals surface area contributed by atoms with Gasteiger partial charge < -0.3 is 10.2 Å². The van der Waals surface area contributed by atoms with Gasteiger partial charge in [0.1, 0.15) is 0 Å². The summed E-state index contributed by atoms with van der Waals surface area (Å²) < 4.78 is 39.3. The molecule has 0 unspecified atom stereocenters. The van der Waals surface area contributed by atoms with Gasteiger partial charge in [0.15, 0.2) is 0 Å². The fourth-order valence-electron chi connectivity index (χ4n) is 2.05. The molecule has 6 heteroatoms. The summed E-state index contributed by atoms with van der Waals surface area (Å²) in [5, 5.41) is 2.75. The second kappa shape index (κ2) is 7.33. The first-order chi connectivity index (χ1) is 9.82. The maximum atomic E-state index is 13.1. The predicted molar refractivity (Wildman–Crippen MR) is 77.5 cm³/mol. The van der Waals surface area contributed by atoms with Crippen molar-refractivity contribution in [3.63, 3.8) is 0 Å². The lowest BCUT2D eigenvalue weighted by Gasteiger charge is -2.21. The van der Waals surface area contributed by atoms with Crippen LogP contribution in [0, 0.1) is 0 Å². The average Bonchev–Trinajstić information content (AvgIpc) is 2.43. The fraction of sp³-hybridized carbons (Fsp3) is 0.533. The van der Waals surface area contributed by atoms with E-state index in [2.05, 4.69) is 5.32 Å². The smallest absolute Gasteiger partial charge is 0.384 e. The maximum absolute atomic E-state index is 13.1. The Bertz CT molecular complexity index is 486. The molecule has 3 nitrogen and oxygen atoms in total. The summed E-state index contributed by atoms with van der Waals surface area (Å²) in [7, 11) is 1.59. The third-order valence-corrected chi connectivity index (χ3v) is 3.06. The van der Waals surface area contributed by atoms with Crippen LogP contribution < -0.4 is 5.32 Å². The van der Waals surface area contributed by atoms with E-state index in [1.165, 1.54) is 17.0 Å². The zero-order valence-electron chi connectivity index (χ0n) is 12.5. The van der Waals surface area contributed by atoms with Crippen molar-refractivity contribution in [2.75, 3.05) is 25.5 Å². The third kappa shape index (κ3) is 4.37. The van der Waals surface area contributed by atoms with Gasteiger partial charge in [-0.05, 0) is 25.0 Å². The quantitative estimate of drug-likeness (QED) is 0.861. The molecule has 1 N–H and O–H groups in total. The van der Waals surface area contributed by atoms with Gasteiger partial charge in [-0.25, -0.2) is 0 Å². The molecule has 0 heterocycles. The van der Waals surface area contributed by atoms with Gasteiger partial charge in [-0.15, -0.1) is 0 Å². The predicted octanol–water partition coefficient (Wildman–Crippen LogP) is 4.01. The van der Waals surface area contributed by atoms with Crippen LogP contribution in [-0.4, -0.2) is 30.9 Å². The van der Waals surface area contributed by atoms with Crippen molar-refractivity contribution in [1.29, 1.82) is 0 Å². The summed E-state index contributed by atoms with van der Waals surface area (Å²) in [6.07, 6.45) is -3.07. The molecular weight excluding hydrogens is 281 g/mol. The average molecular weight is 302 g/mol. The summed E-state index contributed by atoms with van der Waals surface area (Å²) in [6, 6.07) is 3.70. The van der Waals surface area contributed by atoms with E-state index in [4.69, 9.17) is 0 Å². The highest BCUT2D eigenvalue weighted by atomic mass is 19.4. The molecule has 1 rings (SSSR count). The van der Waals surface area contributed by atoms with E-state index in [-0.39, 0.29) is 11.3 Å². The topological polar surface area (TPSA) is 32.3 Å². The molecule has 0 fully saturated rings. The number of nitrogens with zero attached hydrogens (tertiary/aromatic N) is 1. The second-order valence-corrected chi connectivity index (χ2v) is 4.88. The van der Waals surface area contributed by atoms with E-state index >= 15 is 0 Å². The third-order valence-electron chi connectivity index (χ3n) is 3.06. The number of benzene rings is 1. The Morgan fingerprint density at radius 2 is 1.90 bits per heavy atom. The number of carbonyl (C=O) groups is 1. The van der Waals surface area contributed by atoms with Crippen LogP contribution >= 0.6 is 0 Å². The molecule has 0 spiro atoms. The SMILES string of the molecule is CCCNc1c(C(=O)N(C)CCC)cccc1C(F)(F)F.